The topological polar surface area (TPSA) is 48.1 Å². The molecule has 0 fully saturated rings. The van der Waals surface area contributed by atoms with E-state index in [0.717, 1.165) is 12.2 Å². The molecule has 1 aromatic carbocycles. The predicted octanol–water partition coefficient (Wildman–Crippen LogP) is 4.50. The summed E-state index contributed by atoms with van der Waals surface area (Å²) in [6, 6.07) is 11.5. The SMILES string of the molecule is CCC(C)c1ccccc1Oc1ccc(Cl)c(CN)n1. The molecule has 0 bridgehead atoms. The molecule has 0 saturated carbocycles. The molecule has 0 amide bonds. The smallest absolute Gasteiger partial charge is 0.219 e. The van der Waals surface area contributed by atoms with Gasteiger partial charge in [0.25, 0.3) is 0 Å². The minimum atomic E-state index is 0.295. The van der Waals surface area contributed by atoms with E-state index in [2.05, 4.69) is 24.9 Å². The van der Waals surface area contributed by atoms with E-state index in [-0.39, 0.29) is 0 Å². The molecule has 2 rings (SSSR count). The summed E-state index contributed by atoms with van der Waals surface area (Å²) in [7, 11) is 0. The molecule has 3 nitrogen and oxygen atoms in total. The van der Waals surface area contributed by atoms with Crippen molar-refractivity contribution in [3.8, 4) is 11.6 Å². The lowest BCUT2D eigenvalue weighted by atomic mass is 9.98. The Kier molecular flexibility index (Phi) is 4.99. The van der Waals surface area contributed by atoms with Crippen molar-refractivity contribution < 1.29 is 4.74 Å². The van der Waals surface area contributed by atoms with Crippen molar-refractivity contribution in [1.82, 2.24) is 4.98 Å². The van der Waals surface area contributed by atoms with Gasteiger partial charge >= 0.3 is 0 Å². The van der Waals surface area contributed by atoms with Crippen molar-refractivity contribution >= 4 is 11.6 Å². The summed E-state index contributed by atoms with van der Waals surface area (Å²) in [4.78, 5) is 4.33. The van der Waals surface area contributed by atoms with Gasteiger partial charge in [-0.05, 0) is 30.0 Å². The third-order valence-corrected chi connectivity index (χ3v) is 3.71. The van der Waals surface area contributed by atoms with Crippen molar-refractivity contribution in [1.29, 1.82) is 0 Å². The second-order valence-corrected chi connectivity index (χ2v) is 5.14. The molecule has 1 unspecified atom stereocenters. The van der Waals surface area contributed by atoms with Crippen molar-refractivity contribution in [2.75, 3.05) is 0 Å². The molecule has 0 aliphatic carbocycles. The van der Waals surface area contributed by atoms with Crippen molar-refractivity contribution in [3.05, 3.63) is 52.7 Å². The number of halogens is 1. The monoisotopic (exact) mass is 290 g/mol. The molecule has 0 aliphatic rings. The van der Waals surface area contributed by atoms with Crippen LogP contribution >= 0.6 is 11.6 Å². The number of hydrogen-bond acceptors (Lipinski definition) is 3. The molecule has 0 radical (unpaired) electrons. The Morgan fingerprint density at radius 2 is 2.00 bits per heavy atom. The Labute approximate surface area is 124 Å². The van der Waals surface area contributed by atoms with E-state index in [4.69, 9.17) is 22.1 Å². The van der Waals surface area contributed by atoms with Crippen LogP contribution in [0.2, 0.25) is 5.02 Å². The first kappa shape index (κ1) is 14.8. The van der Waals surface area contributed by atoms with Gasteiger partial charge in [0.15, 0.2) is 0 Å². The normalized spacial score (nSPS) is 12.2. The van der Waals surface area contributed by atoms with Gasteiger partial charge in [0.05, 0.1) is 10.7 Å². The first-order valence-corrected chi connectivity index (χ1v) is 7.15. The highest BCUT2D eigenvalue weighted by Gasteiger charge is 2.11. The Morgan fingerprint density at radius 3 is 2.70 bits per heavy atom. The quantitative estimate of drug-likeness (QED) is 0.882. The minimum absolute atomic E-state index is 0.295. The zero-order valence-corrected chi connectivity index (χ0v) is 12.5. The van der Waals surface area contributed by atoms with E-state index in [9.17, 15) is 0 Å². The summed E-state index contributed by atoms with van der Waals surface area (Å²) >= 11 is 6.01. The maximum absolute atomic E-state index is 6.01. The number of hydrogen-bond donors (Lipinski definition) is 1. The molecule has 0 saturated heterocycles. The zero-order valence-electron chi connectivity index (χ0n) is 11.8. The van der Waals surface area contributed by atoms with Gasteiger partial charge in [-0.3, -0.25) is 0 Å². The first-order chi connectivity index (χ1) is 9.65. The van der Waals surface area contributed by atoms with E-state index in [1.807, 2.05) is 18.2 Å². The summed E-state index contributed by atoms with van der Waals surface area (Å²) < 4.78 is 5.90. The number of ether oxygens (including phenoxy) is 1. The van der Waals surface area contributed by atoms with Gasteiger partial charge in [-0.25, -0.2) is 4.98 Å². The van der Waals surface area contributed by atoms with Gasteiger partial charge in [-0.2, -0.15) is 0 Å². The van der Waals surface area contributed by atoms with Crippen LogP contribution in [0, 0.1) is 0 Å². The van der Waals surface area contributed by atoms with E-state index in [1.54, 1.807) is 12.1 Å². The van der Waals surface area contributed by atoms with Crippen LogP contribution in [0.15, 0.2) is 36.4 Å². The number of nitrogens with zero attached hydrogens (tertiary/aromatic N) is 1. The van der Waals surface area contributed by atoms with Crippen LogP contribution in [-0.4, -0.2) is 4.98 Å². The van der Waals surface area contributed by atoms with E-state index in [1.165, 1.54) is 5.56 Å². The molecule has 20 heavy (non-hydrogen) atoms. The van der Waals surface area contributed by atoms with Crippen LogP contribution in [-0.2, 0) is 6.54 Å². The van der Waals surface area contributed by atoms with Crippen LogP contribution in [0.3, 0.4) is 0 Å². The highest BCUT2D eigenvalue weighted by molar-refractivity contribution is 6.31. The van der Waals surface area contributed by atoms with E-state index >= 15 is 0 Å². The average Bonchev–Trinajstić information content (AvgIpc) is 2.49. The fourth-order valence-electron chi connectivity index (χ4n) is 1.98. The second-order valence-electron chi connectivity index (χ2n) is 4.73. The standard InChI is InChI=1S/C16H19ClN2O/c1-3-11(2)12-6-4-5-7-15(12)20-16-9-8-13(17)14(10-18)19-16/h4-9,11H,3,10,18H2,1-2H3. The molecule has 1 heterocycles. The highest BCUT2D eigenvalue weighted by Crippen LogP contribution is 2.31. The molecular formula is C16H19ClN2O. The minimum Gasteiger partial charge on any atom is -0.439 e. The largest absolute Gasteiger partial charge is 0.439 e. The third-order valence-electron chi connectivity index (χ3n) is 3.36. The van der Waals surface area contributed by atoms with Gasteiger partial charge in [-0.15, -0.1) is 0 Å². The van der Waals surface area contributed by atoms with Crippen LogP contribution in [0.4, 0.5) is 0 Å². The number of aromatic nitrogens is 1. The predicted molar refractivity (Wildman–Crippen MR) is 82.4 cm³/mol. The molecule has 4 heteroatoms. The Hall–Kier alpha value is -1.58. The zero-order chi connectivity index (χ0) is 14.5. The first-order valence-electron chi connectivity index (χ1n) is 6.78. The fraction of sp³-hybridized carbons (Fsp3) is 0.312. The van der Waals surface area contributed by atoms with Gasteiger partial charge in [-0.1, -0.05) is 43.6 Å². The van der Waals surface area contributed by atoms with E-state index in [0.29, 0.717) is 29.1 Å². The Balaban J connectivity index is 2.30. The summed E-state index contributed by atoms with van der Waals surface area (Å²) in [5.74, 6) is 1.79. The van der Waals surface area contributed by atoms with Gasteiger partial charge in [0.2, 0.25) is 5.88 Å². The molecule has 1 atom stereocenters. The summed E-state index contributed by atoms with van der Waals surface area (Å²) in [5, 5.41) is 0.565. The van der Waals surface area contributed by atoms with Crippen LogP contribution in [0.5, 0.6) is 11.6 Å². The van der Waals surface area contributed by atoms with Crippen molar-refractivity contribution in [2.45, 2.75) is 32.7 Å². The lowest BCUT2D eigenvalue weighted by Gasteiger charge is -2.15. The highest BCUT2D eigenvalue weighted by atomic mass is 35.5. The lowest BCUT2D eigenvalue weighted by molar-refractivity contribution is 0.450. The van der Waals surface area contributed by atoms with E-state index < -0.39 is 0 Å². The molecule has 2 N–H and O–H groups in total. The maximum atomic E-state index is 6.01. The fourth-order valence-corrected chi connectivity index (χ4v) is 2.16. The molecule has 0 spiro atoms. The van der Waals surface area contributed by atoms with Gasteiger partial charge in [0, 0.05) is 12.6 Å². The number of rotatable bonds is 5. The number of nitrogens with two attached hydrogens (primary N) is 1. The second kappa shape index (κ2) is 6.73. The van der Waals surface area contributed by atoms with Crippen LogP contribution < -0.4 is 10.5 Å². The van der Waals surface area contributed by atoms with Crippen LogP contribution in [0.1, 0.15) is 37.4 Å². The molecule has 1 aromatic heterocycles. The Morgan fingerprint density at radius 1 is 1.25 bits per heavy atom. The average molecular weight is 291 g/mol. The van der Waals surface area contributed by atoms with Crippen molar-refractivity contribution in [3.63, 3.8) is 0 Å². The maximum Gasteiger partial charge on any atom is 0.219 e. The molecule has 2 aromatic rings. The van der Waals surface area contributed by atoms with Crippen molar-refractivity contribution in [2.24, 2.45) is 5.73 Å². The summed E-state index contributed by atoms with van der Waals surface area (Å²) in [6.07, 6.45) is 1.06. The molecular weight excluding hydrogens is 272 g/mol. The third kappa shape index (κ3) is 3.30. The Bertz CT molecular complexity index is 586. The van der Waals surface area contributed by atoms with Crippen LogP contribution in [0.25, 0.3) is 0 Å². The molecule has 106 valence electrons. The summed E-state index contributed by atoms with van der Waals surface area (Å²) in [5.41, 5.74) is 7.44. The van der Waals surface area contributed by atoms with Gasteiger partial charge in [0.1, 0.15) is 5.75 Å². The van der Waals surface area contributed by atoms with Gasteiger partial charge < -0.3 is 10.5 Å². The number of benzene rings is 1. The number of para-hydroxylation sites is 1. The number of pyridine rings is 1. The lowest BCUT2D eigenvalue weighted by Crippen LogP contribution is -2.02. The molecule has 0 aliphatic heterocycles. The summed E-state index contributed by atoms with van der Waals surface area (Å²) in [6.45, 7) is 4.64.